The van der Waals surface area contributed by atoms with Crippen LogP contribution < -0.4 is 15.4 Å². The van der Waals surface area contributed by atoms with E-state index in [1.54, 1.807) is 12.1 Å². The zero-order chi connectivity index (χ0) is 31.2. The van der Waals surface area contributed by atoms with E-state index in [1.165, 1.54) is 24.5 Å². The molecule has 2 N–H and O–H groups in total. The van der Waals surface area contributed by atoms with Gasteiger partial charge in [0.25, 0.3) is 0 Å². The summed E-state index contributed by atoms with van der Waals surface area (Å²) in [6.45, 7) is -1.87. The van der Waals surface area contributed by atoms with Gasteiger partial charge in [-0.25, -0.2) is 14.4 Å². The van der Waals surface area contributed by atoms with Crippen LogP contribution in [0.4, 0.5) is 21.6 Å². The van der Waals surface area contributed by atoms with Crippen LogP contribution in [0.15, 0.2) is 48.9 Å². The number of rotatable bonds is 10. The number of aromatic nitrogens is 2. The Morgan fingerprint density at radius 1 is 1.30 bits per heavy atom. The van der Waals surface area contributed by atoms with Gasteiger partial charge in [0.15, 0.2) is 0 Å². The number of nitrogens with zero attached hydrogens (tertiary/aromatic N) is 4. The van der Waals surface area contributed by atoms with E-state index in [1.807, 2.05) is 0 Å². The van der Waals surface area contributed by atoms with Gasteiger partial charge >= 0.3 is 0 Å². The lowest BCUT2D eigenvalue weighted by Crippen LogP contribution is -2.37. The molecule has 0 saturated carbocycles. The Morgan fingerprint density at radius 2 is 2.14 bits per heavy atom. The van der Waals surface area contributed by atoms with E-state index in [2.05, 4.69) is 25.5 Å². The topological polar surface area (TPSA) is 91.9 Å². The minimum atomic E-state index is -3.00. The van der Waals surface area contributed by atoms with Gasteiger partial charge in [-0.15, -0.1) is 0 Å². The minimum absolute atomic E-state index is 0.0842. The van der Waals surface area contributed by atoms with E-state index in [0.29, 0.717) is 54.8 Å². The van der Waals surface area contributed by atoms with Crippen molar-refractivity contribution in [3.8, 4) is 5.75 Å². The van der Waals surface area contributed by atoms with Crippen LogP contribution in [-0.2, 0) is 9.53 Å². The van der Waals surface area contributed by atoms with E-state index in [4.69, 9.17) is 29.3 Å². The van der Waals surface area contributed by atoms with Gasteiger partial charge in [-0.3, -0.25) is 9.69 Å². The third-order valence-electron chi connectivity index (χ3n) is 5.53. The maximum absolute atomic E-state index is 13.7. The van der Waals surface area contributed by atoms with Crippen LogP contribution >= 0.6 is 11.6 Å². The Kier molecular flexibility index (Phi) is 6.71. The smallest absolute Gasteiger partial charge is 0.249 e. The summed E-state index contributed by atoms with van der Waals surface area (Å²) < 4.78 is 70.0. The highest BCUT2D eigenvalue weighted by Gasteiger charge is 2.15. The van der Waals surface area contributed by atoms with Crippen molar-refractivity contribution in [2.45, 2.75) is 6.42 Å². The van der Waals surface area contributed by atoms with Crippen LogP contribution in [0.2, 0.25) is 5.02 Å². The van der Waals surface area contributed by atoms with Crippen LogP contribution in [0.3, 0.4) is 0 Å². The van der Waals surface area contributed by atoms with Crippen LogP contribution in [-0.4, -0.2) is 79.1 Å². The van der Waals surface area contributed by atoms with Crippen molar-refractivity contribution in [3.63, 3.8) is 0 Å². The molecule has 9 nitrogen and oxygen atoms in total. The van der Waals surface area contributed by atoms with Crippen molar-refractivity contribution in [2.24, 2.45) is 0 Å². The first-order chi connectivity index (χ1) is 20.3. The molecule has 0 radical (unpaired) electrons. The molecule has 2 aromatic carbocycles. The molecule has 2 heterocycles. The lowest BCUT2D eigenvalue weighted by Gasteiger charge is -2.26. The summed E-state index contributed by atoms with van der Waals surface area (Å²) in [4.78, 5) is 23.9. The molecule has 1 amide bonds. The average Bonchev–Trinajstić information content (AvgIpc) is 2.93. The fourth-order valence-corrected chi connectivity index (χ4v) is 3.90. The molecule has 0 unspecified atom stereocenters. The van der Waals surface area contributed by atoms with Crippen LogP contribution in [0, 0.1) is 5.82 Å². The lowest BCUT2D eigenvalue weighted by molar-refractivity contribution is -0.112. The minimum Gasteiger partial charge on any atom is -0.491 e. The number of fused-ring (bicyclic) bond motifs is 1. The Morgan fingerprint density at radius 3 is 2.92 bits per heavy atom. The molecular weight excluding hydrogens is 499 g/mol. The molecule has 1 aliphatic heterocycles. The van der Waals surface area contributed by atoms with E-state index in [9.17, 15) is 9.18 Å². The second-order valence-electron chi connectivity index (χ2n) is 8.17. The number of halogens is 2. The van der Waals surface area contributed by atoms with Crippen molar-refractivity contribution in [2.75, 3.05) is 64.0 Å². The second kappa shape index (κ2) is 12.7. The summed E-state index contributed by atoms with van der Waals surface area (Å²) in [5.41, 5.74) is 1.13. The summed E-state index contributed by atoms with van der Waals surface area (Å²) in [5, 5.41) is 6.08. The van der Waals surface area contributed by atoms with Gasteiger partial charge in [0.05, 0.1) is 36.0 Å². The number of benzene rings is 2. The molecule has 0 atom stereocenters. The first-order valence-corrected chi connectivity index (χ1v) is 11.9. The zero-order valence-corrected chi connectivity index (χ0v) is 20.6. The zero-order valence-electron chi connectivity index (χ0n) is 25.8. The third kappa shape index (κ3) is 7.51. The summed E-state index contributed by atoms with van der Waals surface area (Å²) in [6.07, 6.45) is 3.54. The van der Waals surface area contributed by atoms with Gasteiger partial charge in [-0.2, -0.15) is 0 Å². The number of hydrogen-bond acceptors (Lipinski definition) is 8. The highest BCUT2D eigenvalue weighted by molar-refractivity contribution is 6.31. The standard InChI is InChI=1S/C26H30ClFN6O3/c1-33(2)8-6-25(35)32-23-15-19-22(16-24(23)37-11-3-7-34-9-12-36-13-10-34)29-17-30-26(19)31-18-4-5-21(28)20(27)14-18/h4-6,8,14-17H,3,7,9-13H2,1-2H3,(H,32,35)(H,29,30,31)/b8-6+/i1D3,2D3. The summed E-state index contributed by atoms with van der Waals surface area (Å²) in [6, 6.07) is 7.26. The van der Waals surface area contributed by atoms with Crippen molar-refractivity contribution in [1.82, 2.24) is 19.8 Å². The van der Waals surface area contributed by atoms with E-state index in [0.717, 1.165) is 25.7 Å². The number of anilines is 3. The van der Waals surface area contributed by atoms with Crippen LogP contribution in [0.25, 0.3) is 10.9 Å². The van der Waals surface area contributed by atoms with Gasteiger partial charge in [0.2, 0.25) is 5.91 Å². The molecule has 1 aromatic heterocycles. The van der Waals surface area contributed by atoms with Crippen LogP contribution in [0.5, 0.6) is 5.75 Å². The van der Waals surface area contributed by atoms with Crippen molar-refractivity contribution in [3.05, 3.63) is 59.8 Å². The molecule has 1 saturated heterocycles. The first kappa shape index (κ1) is 19.6. The van der Waals surface area contributed by atoms with Gasteiger partial charge in [0.1, 0.15) is 23.7 Å². The van der Waals surface area contributed by atoms with Crippen molar-refractivity contribution < 1.29 is 26.9 Å². The Bertz CT molecular complexity index is 1460. The molecule has 0 spiro atoms. The number of morpholine rings is 1. The fraction of sp³-hybridized carbons (Fsp3) is 0.346. The maximum atomic E-state index is 13.7. The monoisotopic (exact) mass is 534 g/mol. The van der Waals surface area contributed by atoms with Gasteiger partial charge in [-0.05, 0) is 30.7 Å². The summed E-state index contributed by atoms with van der Waals surface area (Å²) in [5.74, 6) is -0.765. The molecule has 1 aliphatic rings. The van der Waals surface area contributed by atoms with Gasteiger partial charge in [0, 0.05) is 71.2 Å². The fourth-order valence-electron chi connectivity index (χ4n) is 3.72. The number of hydrogen-bond donors (Lipinski definition) is 2. The molecule has 3 aromatic rings. The number of carbonyl (C=O) groups excluding carboxylic acids is 1. The second-order valence-corrected chi connectivity index (χ2v) is 8.58. The predicted octanol–water partition coefficient (Wildman–Crippen LogP) is 4.28. The van der Waals surface area contributed by atoms with Crippen molar-refractivity contribution in [1.29, 1.82) is 0 Å². The van der Waals surface area contributed by atoms with Crippen LogP contribution in [0.1, 0.15) is 14.6 Å². The number of carbonyl (C=O) groups is 1. The normalized spacial score (nSPS) is 17.2. The van der Waals surface area contributed by atoms with Gasteiger partial charge < -0.3 is 25.0 Å². The summed E-state index contributed by atoms with van der Waals surface area (Å²) in [7, 11) is 0. The predicted molar refractivity (Wildman–Crippen MR) is 143 cm³/mol. The molecule has 0 bridgehead atoms. The molecular formula is C26H30ClFN6O3. The van der Waals surface area contributed by atoms with E-state index in [-0.39, 0.29) is 21.4 Å². The Labute approximate surface area is 228 Å². The Hall–Kier alpha value is -3.47. The van der Waals surface area contributed by atoms with E-state index >= 15 is 0 Å². The maximum Gasteiger partial charge on any atom is 0.249 e. The van der Waals surface area contributed by atoms with Crippen molar-refractivity contribution >= 4 is 45.6 Å². The molecule has 196 valence electrons. The van der Waals surface area contributed by atoms with E-state index < -0.39 is 25.7 Å². The quantitative estimate of drug-likeness (QED) is 0.294. The Balaban J connectivity index is 1.61. The molecule has 4 rings (SSSR count). The summed E-state index contributed by atoms with van der Waals surface area (Å²) >= 11 is 5.92. The number of nitrogens with one attached hydrogen (secondary N) is 2. The molecule has 11 heteroatoms. The highest BCUT2D eigenvalue weighted by atomic mass is 35.5. The average molecular weight is 535 g/mol. The largest absolute Gasteiger partial charge is 0.491 e. The lowest BCUT2D eigenvalue weighted by atomic mass is 10.1. The van der Waals surface area contributed by atoms with Gasteiger partial charge in [-0.1, -0.05) is 11.6 Å². The molecule has 37 heavy (non-hydrogen) atoms. The SMILES string of the molecule is [2H]C([2H])([2H])N(/C=C/C(=O)Nc1cc2c(Nc3ccc(F)c(Cl)c3)ncnc2cc1OCCCN1CCOCC1)C([2H])([2H])[2H]. The number of amides is 1. The highest BCUT2D eigenvalue weighted by Crippen LogP contribution is 2.34. The molecule has 1 fully saturated rings. The molecule has 0 aliphatic carbocycles. The first-order valence-electron chi connectivity index (χ1n) is 14.5. The third-order valence-corrected chi connectivity index (χ3v) is 5.82. The number of ether oxygens (including phenoxy) is 2.